The Morgan fingerprint density at radius 3 is 2.36 bits per heavy atom. The van der Waals surface area contributed by atoms with E-state index in [1.54, 1.807) is 36.7 Å². The summed E-state index contributed by atoms with van der Waals surface area (Å²) in [4.78, 5) is 29.5. The molecule has 0 saturated heterocycles. The van der Waals surface area contributed by atoms with Crippen molar-refractivity contribution in [2.24, 2.45) is 0 Å². The molecule has 0 bridgehead atoms. The first-order valence-corrected chi connectivity index (χ1v) is 9.66. The zero-order chi connectivity index (χ0) is 19.9. The molecular formula is C22H18IN3O2. The molecule has 5 nitrogen and oxygen atoms in total. The number of anilines is 1. The van der Waals surface area contributed by atoms with E-state index in [1.165, 1.54) is 0 Å². The maximum atomic E-state index is 12.8. The SMILES string of the molecule is Cc1ccc(C(=O)N/C(=C\c2cccnc2)C(=O)Nc2ccc(I)cc2)cc1. The van der Waals surface area contributed by atoms with Crippen LogP contribution < -0.4 is 10.6 Å². The summed E-state index contributed by atoms with van der Waals surface area (Å²) in [5, 5.41) is 5.52. The van der Waals surface area contributed by atoms with Gasteiger partial charge in [0.05, 0.1) is 0 Å². The van der Waals surface area contributed by atoms with Crippen LogP contribution in [0.2, 0.25) is 0 Å². The predicted molar refractivity (Wildman–Crippen MR) is 119 cm³/mol. The average molecular weight is 483 g/mol. The number of amides is 2. The number of carbonyl (C=O) groups excluding carboxylic acids is 2. The monoisotopic (exact) mass is 483 g/mol. The van der Waals surface area contributed by atoms with E-state index in [2.05, 4.69) is 38.2 Å². The summed E-state index contributed by atoms with van der Waals surface area (Å²) in [5.74, 6) is -0.765. The molecule has 0 aliphatic rings. The molecule has 0 aliphatic heterocycles. The van der Waals surface area contributed by atoms with Gasteiger partial charge in [0.1, 0.15) is 5.70 Å². The van der Waals surface area contributed by atoms with Crippen molar-refractivity contribution in [1.29, 1.82) is 0 Å². The topological polar surface area (TPSA) is 71.1 Å². The molecule has 140 valence electrons. The first-order chi connectivity index (χ1) is 13.5. The minimum absolute atomic E-state index is 0.136. The number of rotatable bonds is 5. The first-order valence-electron chi connectivity index (χ1n) is 8.58. The third-order valence-electron chi connectivity index (χ3n) is 3.90. The predicted octanol–water partition coefficient (Wildman–Crippen LogP) is 4.40. The highest BCUT2D eigenvalue weighted by atomic mass is 127. The molecule has 0 atom stereocenters. The van der Waals surface area contributed by atoms with Crippen LogP contribution in [0.25, 0.3) is 6.08 Å². The third kappa shape index (κ3) is 5.50. The van der Waals surface area contributed by atoms with E-state index in [1.807, 2.05) is 49.4 Å². The van der Waals surface area contributed by atoms with Gasteiger partial charge in [0.25, 0.3) is 11.8 Å². The van der Waals surface area contributed by atoms with E-state index in [9.17, 15) is 9.59 Å². The first kappa shape index (κ1) is 19.8. The van der Waals surface area contributed by atoms with Gasteiger partial charge in [-0.25, -0.2) is 0 Å². The van der Waals surface area contributed by atoms with Crippen LogP contribution >= 0.6 is 22.6 Å². The van der Waals surface area contributed by atoms with Crippen LogP contribution in [0.4, 0.5) is 5.69 Å². The number of aromatic nitrogens is 1. The summed E-state index contributed by atoms with van der Waals surface area (Å²) in [7, 11) is 0. The Morgan fingerprint density at radius 1 is 1.00 bits per heavy atom. The number of hydrogen-bond donors (Lipinski definition) is 2. The second-order valence-corrected chi connectivity index (χ2v) is 7.37. The average Bonchev–Trinajstić information content (AvgIpc) is 2.70. The molecule has 3 rings (SSSR count). The molecule has 3 aromatic rings. The standard InChI is InChI=1S/C22H18IN3O2/c1-15-4-6-17(7-5-15)21(27)26-20(13-16-3-2-12-24-14-16)22(28)25-19-10-8-18(23)9-11-19/h2-14H,1H3,(H,25,28)(H,26,27)/b20-13-. The number of benzene rings is 2. The molecule has 0 saturated carbocycles. The van der Waals surface area contributed by atoms with Crippen molar-refractivity contribution in [2.75, 3.05) is 5.32 Å². The highest BCUT2D eigenvalue weighted by molar-refractivity contribution is 14.1. The quantitative estimate of drug-likeness (QED) is 0.418. The van der Waals surface area contributed by atoms with Gasteiger partial charge in [0.15, 0.2) is 0 Å². The number of aryl methyl sites for hydroxylation is 1. The van der Waals surface area contributed by atoms with Crippen LogP contribution in [0.15, 0.2) is 78.8 Å². The zero-order valence-electron chi connectivity index (χ0n) is 15.1. The van der Waals surface area contributed by atoms with Gasteiger partial charge in [0, 0.05) is 27.2 Å². The lowest BCUT2D eigenvalue weighted by molar-refractivity contribution is -0.113. The van der Waals surface area contributed by atoms with Gasteiger partial charge in [0.2, 0.25) is 0 Å². The van der Waals surface area contributed by atoms with Gasteiger partial charge in [-0.2, -0.15) is 0 Å². The molecular weight excluding hydrogens is 465 g/mol. The van der Waals surface area contributed by atoms with Crippen molar-refractivity contribution in [2.45, 2.75) is 6.92 Å². The highest BCUT2D eigenvalue weighted by Gasteiger charge is 2.15. The molecule has 0 unspecified atom stereocenters. The molecule has 0 aliphatic carbocycles. The molecule has 0 radical (unpaired) electrons. The molecule has 28 heavy (non-hydrogen) atoms. The van der Waals surface area contributed by atoms with Gasteiger partial charge in [-0.05, 0) is 83.6 Å². The fourth-order valence-corrected chi connectivity index (χ4v) is 2.78. The number of nitrogens with zero attached hydrogens (tertiary/aromatic N) is 1. The Bertz CT molecular complexity index is 998. The fraction of sp³-hybridized carbons (Fsp3) is 0.0455. The van der Waals surface area contributed by atoms with Crippen LogP contribution in [0.1, 0.15) is 21.5 Å². The third-order valence-corrected chi connectivity index (χ3v) is 4.62. The Kier molecular flexibility index (Phi) is 6.54. The van der Waals surface area contributed by atoms with Crippen molar-refractivity contribution < 1.29 is 9.59 Å². The minimum atomic E-state index is -0.412. The molecule has 1 aromatic heterocycles. The second kappa shape index (κ2) is 9.27. The van der Waals surface area contributed by atoms with Gasteiger partial charge < -0.3 is 10.6 Å². The summed E-state index contributed by atoms with van der Waals surface area (Å²) in [6.07, 6.45) is 4.87. The smallest absolute Gasteiger partial charge is 0.272 e. The van der Waals surface area contributed by atoms with Crippen LogP contribution in [-0.4, -0.2) is 16.8 Å². The van der Waals surface area contributed by atoms with Gasteiger partial charge in [-0.1, -0.05) is 23.8 Å². The van der Waals surface area contributed by atoms with Crippen molar-refractivity contribution in [3.05, 3.63) is 99.0 Å². The summed E-state index contributed by atoms with van der Waals surface area (Å²) in [6, 6.07) is 18.1. The van der Waals surface area contributed by atoms with E-state index in [0.29, 0.717) is 16.8 Å². The van der Waals surface area contributed by atoms with Crippen LogP contribution in [-0.2, 0) is 4.79 Å². The minimum Gasteiger partial charge on any atom is -0.321 e. The Labute approximate surface area is 177 Å². The normalized spacial score (nSPS) is 11.0. The summed E-state index contributed by atoms with van der Waals surface area (Å²) < 4.78 is 1.06. The highest BCUT2D eigenvalue weighted by Crippen LogP contribution is 2.13. The van der Waals surface area contributed by atoms with E-state index in [-0.39, 0.29) is 11.6 Å². The van der Waals surface area contributed by atoms with Crippen molar-refractivity contribution in [3.8, 4) is 0 Å². The fourth-order valence-electron chi connectivity index (χ4n) is 2.42. The molecule has 2 N–H and O–H groups in total. The van der Waals surface area contributed by atoms with Crippen molar-refractivity contribution in [1.82, 2.24) is 10.3 Å². The zero-order valence-corrected chi connectivity index (χ0v) is 17.3. The van der Waals surface area contributed by atoms with Crippen molar-refractivity contribution >= 4 is 46.2 Å². The number of pyridine rings is 1. The van der Waals surface area contributed by atoms with Gasteiger partial charge in [-0.3, -0.25) is 14.6 Å². The van der Waals surface area contributed by atoms with Crippen LogP contribution in [0.5, 0.6) is 0 Å². The number of carbonyl (C=O) groups is 2. The Hall–Kier alpha value is -3.00. The van der Waals surface area contributed by atoms with Crippen LogP contribution in [0, 0.1) is 10.5 Å². The molecule has 0 fully saturated rings. The van der Waals surface area contributed by atoms with E-state index >= 15 is 0 Å². The largest absolute Gasteiger partial charge is 0.321 e. The molecule has 1 heterocycles. The lowest BCUT2D eigenvalue weighted by Gasteiger charge is -2.11. The van der Waals surface area contributed by atoms with E-state index in [0.717, 1.165) is 9.13 Å². The molecule has 2 amide bonds. The van der Waals surface area contributed by atoms with Gasteiger partial charge in [-0.15, -0.1) is 0 Å². The Balaban J connectivity index is 1.85. The van der Waals surface area contributed by atoms with Crippen molar-refractivity contribution in [3.63, 3.8) is 0 Å². The maximum Gasteiger partial charge on any atom is 0.272 e. The van der Waals surface area contributed by atoms with Crippen LogP contribution in [0.3, 0.4) is 0 Å². The lowest BCUT2D eigenvalue weighted by atomic mass is 10.1. The number of hydrogen-bond acceptors (Lipinski definition) is 3. The second-order valence-electron chi connectivity index (χ2n) is 6.13. The summed E-state index contributed by atoms with van der Waals surface area (Å²) >= 11 is 2.20. The molecule has 0 spiro atoms. The van der Waals surface area contributed by atoms with E-state index in [4.69, 9.17) is 0 Å². The Morgan fingerprint density at radius 2 is 1.71 bits per heavy atom. The molecule has 6 heteroatoms. The van der Waals surface area contributed by atoms with E-state index < -0.39 is 5.91 Å². The lowest BCUT2D eigenvalue weighted by Crippen LogP contribution is -2.30. The number of halogens is 1. The molecule has 2 aromatic carbocycles. The maximum absolute atomic E-state index is 12.8. The number of nitrogens with one attached hydrogen (secondary N) is 2. The van der Waals surface area contributed by atoms with Gasteiger partial charge >= 0.3 is 0 Å². The summed E-state index contributed by atoms with van der Waals surface area (Å²) in [6.45, 7) is 1.95. The summed E-state index contributed by atoms with van der Waals surface area (Å²) in [5.41, 5.74) is 3.02.